The molecule has 9 aromatic rings. The maximum Gasteiger partial charge on any atom is 2.00 e. The molecule has 9 rings (SSSR count). The van der Waals surface area contributed by atoms with Gasteiger partial charge >= 0.3 is 21.1 Å². The molecule has 5 aromatic carbocycles. The van der Waals surface area contributed by atoms with E-state index >= 15 is 0 Å². The van der Waals surface area contributed by atoms with Crippen LogP contribution in [-0.2, 0) is 33.5 Å². The molecule has 0 N–H and O–H groups in total. The number of benzene rings is 5. The van der Waals surface area contributed by atoms with Crippen molar-refractivity contribution in [2.75, 3.05) is 0 Å². The molecule has 0 aliphatic carbocycles. The Morgan fingerprint density at radius 3 is 2.02 bits per heavy atom. The Labute approximate surface area is 330 Å². The molecule has 270 valence electrons. The average Bonchev–Trinajstić information content (AvgIpc) is 3.75. The normalized spacial score (nSPS) is 11.9. The van der Waals surface area contributed by atoms with Crippen LogP contribution in [0.4, 0.5) is 0 Å². The fourth-order valence-electron chi connectivity index (χ4n) is 7.78. The molecule has 4 heterocycles. The van der Waals surface area contributed by atoms with Gasteiger partial charge in [-0.3, -0.25) is 4.98 Å². The van der Waals surface area contributed by atoms with Gasteiger partial charge in [-0.15, -0.1) is 34.7 Å². The van der Waals surface area contributed by atoms with Crippen molar-refractivity contribution in [3.8, 4) is 34.4 Å². The fourth-order valence-corrected chi connectivity index (χ4v) is 7.78. The molecule has 0 fully saturated rings. The number of aromatic nitrogens is 5. The molecule has 0 spiro atoms. The number of para-hydroxylation sites is 3. The summed E-state index contributed by atoms with van der Waals surface area (Å²) in [5.41, 5.74) is 12.0. The predicted molar refractivity (Wildman–Crippen MR) is 217 cm³/mol. The van der Waals surface area contributed by atoms with Crippen LogP contribution in [0.3, 0.4) is 0 Å². The van der Waals surface area contributed by atoms with E-state index in [4.69, 9.17) is 14.7 Å². The fraction of sp³-hybridized carbons (Fsp3) is 0.191. The second-order valence-electron chi connectivity index (χ2n) is 15.3. The summed E-state index contributed by atoms with van der Waals surface area (Å²) in [5.74, 6) is 2.91. The Kier molecular flexibility index (Phi) is 8.66. The van der Waals surface area contributed by atoms with Crippen LogP contribution in [-0.4, -0.2) is 23.7 Å². The van der Waals surface area contributed by atoms with E-state index in [0.29, 0.717) is 11.5 Å². The van der Waals surface area contributed by atoms with Crippen molar-refractivity contribution in [1.29, 1.82) is 0 Å². The third kappa shape index (κ3) is 5.67. The molecule has 7 heteroatoms. The molecule has 0 amide bonds. The second kappa shape index (κ2) is 13.1. The van der Waals surface area contributed by atoms with Crippen LogP contribution in [0.1, 0.15) is 48.8 Å². The molecule has 0 aliphatic heterocycles. The Balaban J connectivity index is 0.00000413. The first-order chi connectivity index (χ1) is 25.5. The van der Waals surface area contributed by atoms with Gasteiger partial charge in [-0.1, -0.05) is 93.0 Å². The van der Waals surface area contributed by atoms with Crippen LogP contribution in [0.25, 0.3) is 66.5 Å². The van der Waals surface area contributed by atoms with E-state index in [0.717, 1.165) is 61.7 Å². The number of rotatable bonds is 5. The number of hydrogen-bond donors (Lipinski definition) is 0. The third-order valence-corrected chi connectivity index (χ3v) is 10.8. The summed E-state index contributed by atoms with van der Waals surface area (Å²) in [4.78, 5) is 9.87. The monoisotopic (exact) mass is 886 g/mol. The summed E-state index contributed by atoms with van der Waals surface area (Å²) in [5, 5.41) is 4.70. The second-order valence-corrected chi connectivity index (χ2v) is 15.3. The number of aryl methyl sites for hydroxylation is 3. The first-order valence-electron chi connectivity index (χ1n) is 18.2. The van der Waals surface area contributed by atoms with Crippen molar-refractivity contribution in [3.63, 3.8) is 0 Å². The average molecular weight is 887 g/mol. The zero-order valence-electron chi connectivity index (χ0n) is 31.8. The molecule has 0 unspecified atom stereocenters. The summed E-state index contributed by atoms with van der Waals surface area (Å²) in [6.07, 6.45) is 1.91. The molecule has 4 aromatic heterocycles. The first-order valence-corrected chi connectivity index (χ1v) is 18.2. The van der Waals surface area contributed by atoms with Crippen LogP contribution in [0.2, 0.25) is 0 Å². The van der Waals surface area contributed by atoms with E-state index < -0.39 is 0 Å². The van der Waals surface area contributed by atoms with Gasteiger partial charge in [0, 0.05) is 58.5 Å². The molecule has 0 bridgehead atoms. The molecule has 0 aliphatic rings. The maximum atomic E-state index is 6.67. The van der Waals surface area contributed by atoms with Crippen molar-refractivity contribution < 1.29 is 25.8 Å². The van der Waals surface area contributed by atoms with Crippen LogP contribution in [0.15, 0.2) is 103 Å². The van der Waals surface area contributed by atoms with Gasteiger partial charge in [0.15, 0.2) is 0 Å². The number of ether oxygens (including phenoxy) is 1. The first kappa shape index (κ1) is 35.6. The number of fused-ring (bicyclic) bond motifs is 6. The van der Waals surface area contributed by atoms with E-state index in [-0.39, 0.29) is 26.5 Å². The minimum atomic E-state index is -0.110. The zero-order chi connectivity index (χ0) is 36.8. The summed E-state index contributed by atoms with van der Waals surface area (Å²) in [7, 11) is 2.05. The van der Waals surface area contributed by atoms with E-state index in [1.165, 1.54) is 32.9 Å². The number of nitrogens with zero attached hydrogens (tertiary/aromatic N) is 5. The van der Waals surface area contributed by atoms with Gasteiger partial charge in [0.05, 0.1) is 22.5 Å². The molecule has 6 nitrogen and oxygen atoms in total. The summed E-state index contributed by atoms with van der Waals surface area (Å²) < 4.78 is 13.4. The van der Waals surface area contributed by atoms with E-state index in [1.54, 1.807) is 0 Å². The van der Waals surface area contributed by atoms with Gasteiger partial charge in [0.1, 0.15) is 5.82 Å². The Bertz CT molecular complexity index is 2860. The van der Waals surface area contributed by atoms with Crippen LogP contribution < -0.4 is 4.74 Å². The Morgan fingerprint density at radius 2 is 1.35 bits per heavy atom. The van der Waals surface area contributed by atoms with Gasteiger partial charge in [0.25, 0.3) is 0 Å². The number of hydrogen-bond acceptors (Lipinski definition) is 3. The van der Waals surface area contributed by atoms with Crippen molar-refractivity contribution in [1.82, 2.24) is 23.7 Å². The van der Waals surface area contributed by atoms with Gasteiger partial charge in [-0.2, -0.15) is 6.07 Å². The summed E-state index contributed by atoms with van der Waals surface area (Å²) in [6.45, 7) is 15.2. The van der Waals surface area contributed by atoms with Crippen molar-refractivity contribution in [2.45, 2.75) is 53.9 Å². The number of imidazole rings is 1. The minimum absolute atomic E-state index is 0. The number of pyridine rings is 1. The van der Waals surface area contributed by atoms with Gasteiger partial charge in [-0.05, 0) is 61.8 Å². The summed E-state index contributed by atoms with van der Waals surface area (Å²) in [6, 6.07) is 41.5. The van der Waals surface area contributed by atoms with Crippen LogP contribution >= 0.6 is 0 Å². The van der Waals surface area contributed by atoms with E-state index in [2.05, 4.69) is 165 Å². The molecule has 0 saturated carbocycles. The largest absolute Gasteiger partial charge is 2.00 e. The Hall–Kier alpha value is -5.45. The van der Waals surface area contributed by atoms with Crippen molar-refractivity contribution >= 4 is 43.6 Å². The molecule has 0 atom stereocenters. The molecule has 54 heavy (non-hydrogen) atoms. The standard InChI is InChI=1S/C47H41N5O.Pt/c1-28-13-11-16-39-40-17-12-14-29(2)45(40)51(44(28)39)34-21-22-48-43(26-34)52-41-18-10-9-15-37(41)38-20-19-35(27-42(38)52)53-36-24-32(23-33(25-36)47(5,6)7)46-49-30(3)31(4)50(46)8;/h9-23,25-26H,1-8H3;/q-2;+2. The molecule has 0 radical (unpaired) electrons. The zero-order valence-corrected chi connectivity index (χ0v) is 34.0. The Morgan fingerprint density at radius 1 is 0.667 bits per heavy atom. The van der Waals surface area contributed by atoms with E-state index in [1.807, 2.05) is 19.2 Å². The molecule has 0 saturated heterocycles. The van der Waals surface area contributed by atoms with Crippen LogP contribution in [0, 0.1) is 39.8 Å². The topological polar surface area (TPSA) is 49.8 Å². The van der Waals surface area contributed by atoms with Gasteiger partial charge in [-0.25, -0.2) is 4.98 Å². The van der Waals surface area contributed by atoms with Crippen LogP contribution in [0.5, 0.6) is 11.5 Å². The molecular formula is C47H41N5OPt. The summed E-state index contributed by atoms with van der Waals surface area (Å²) >= 11 is 0. The maximum absolute atomic E-state index is 6.67. The predicted octanol–water partition coefficient (Wildman–Crippen LogP) is 11.6. The van der Waals surface area contributed by atoms with Gasteiger partial charge < -0.3 is 18.4 Å². The van der Waals surface area contributed by atoms with Crippen molar-refractivity contribution in [2.24, 2.45) is 7.05 Å². The quantitative estimate of drug-likeness (QED) is 0.162. The van der Waals surface area contributed by atoms with E-state index in [9.17, 15) is 0 Å². The third-order valence-electron chi connectivity index (χ3n) is 10.8. The smallest absolute Gasteiger partial charge is 0.503 e. The van der Waals surface area contributed by atoms with Gasteiger partial charge in [0.2, 0.25) is 0 Å². The van der Waals surface area contributed by atoms with Crippen molar-refractivity contribution in [3.05, 3.63) is 143 Å². The SMILES string of the molecule is Cc1nc(-c2[c-]c(Oc3[c-]c4c(cc3)c3ccccc3n4-c3cc(-n4c5c(C)cccc5c5cccc(C)c54)ccn3)cc(C(C)(C)C)c2)n(C)c1C.[Pt+2]. The minimum Gasteiger partial charge on any atom is -0.503 e. The molecular weight excluding hydrogens is 846 g/mol.